The minimum atomic E-state index is -0.383. The molecule has 0 bridgehead atoms. The highest BCUT2D eigenvalue weighted by molar-refractivity contribution is 5.89. The molecular formula is C16H21N3O3. The Labute approximate surface area is 130 Å². The van der Waals surface area contributed by atoms with Crippen LogP contribution < -0.4 is 4.74 Å². The molecule has 0 spiro atoms. The first-order valence-corrected chi connectivity index (χ1v) is 7.46. The topological polar surface area (TPSA) is 53.1 Å². The van der Waals surface area contributed by atoms with Crippen LogP contribution in [0.2, 0.25) is 0 Å². The maximum absolute atomic E-state index is 12.6. The van der Waals surface area contributed by atoms with E-state index in [4.69, 9.17) is 4.74 Å². The van der Waals surface area contributed by atoms with Gasteiger partial charge < -0.3 is 19.4 Å². The monoisotopic (exact) mass is 303 g/mol. The minimum Gasteiger partial charge on any atom is -0.497 e. The largest absolute Gasteiger partial charge is 0.497 e. The van der Waals surface area contributed by atoms with Crippen molar-refractivity contribution < 1.29 is 14.3 Å². The number of amides is 3. The van der Waals surface area contributed by atoms with Crippen LogP contribution in [0.4, 0.5) is 4.79 Å². The first kappa shape index (κ1) is 14.7. The van der Waals surface area contributed by atoms with Crippen molar-refractivity contribution in [2.24, 2.45) is 0 Å². The number of rotatable bonds is 3. The molecule has 3 amide bonds. The van der Waals surface area contributed by atoms with Crippen molar-refractivity contribution in [2.45, 2.75) is 25.6 Å². The quantitative estimate of drug-likeness (QED) is 0.842. The Morgan fingerprint density at radius 2 is 2.05 bits per heavy atom. The van der Waals surface area contributed by atoms with Crippen molar-refractivity contribution >= 4 is 11.9 Å². The average Bonchev–Trinajstić information content (AvgIpc) is 2.81. The molecule has 0 N–H and O–H groups in total. The number of carbonyl (C=O) groups is 2. The van der Waals surface area contributed by atoms with E-state index in [1.54, 1.807) is 30.9 Å². The summed E-state index contributed by atoms with van der Waals surface area (Å²) in [6, 6.07) is 7.36. The predicted molar refractivity (Wildman–Crippen MR) is 81.5 cm³/mol. The van der Waals surface area contributed by atoms with Crippen molar-refractivity contribution in [3.63, 3.8) is 0 Å². The van der Waals surface area contributed by atoms with Crippen molar-refractivity contribution in [1.82, 2.24) is 14.7 Å². The van der Waals surface area contributed by atoms with Gasteiger partial charge in [-0.2, -0.15) is 0 Å². The fourth-order valence-corrected chi connectivity index (χ4v) is 3.33. The van der Waals surface area contributed by atoms with E-state index in [-0.39, 0.29) is 24.0 Å². The fourth-order valence-electron chi connectivity index (χ4n) is 3.33. The van der Waals surface area contributed by atoms with Crippen LogP contribution in [0.25, 0.3) is 0 Å². The van der Waals surface area contributed by atoms with Gasteiger partial charge in [0.1, 0.15) is 11.8 Å². The summed E-state index contributed by atoms with van der Waals surface area (Å²) in [6.45, 7) is 3.59. The van der Waals surface area contributed by atoms with Crippen LogP contribution in [0.5, 0.6) is 5.75 Å². The molecule has 2 aliphatic rings. The summed E-state index contributed by atoms with van der Waals surface area (Å²) in [5, 5.41) is 0. The van der Waals surface area contributed by atoms with Gasteiger partial charge >= 0.3 is 6.03 Å². The number of piperazine rings is 1. The average molecular weight is 303 g/mol. The van der Waals surface area contributed by atoms with Gasteiger partial charge in [0, 0.05) is 26.7 Å². The van der Waals surface area contributed by atoms with E-state index in [1.165, 1.54) is 0 Å². The third-order valence-electron chi connectivity index (χ3n) is 4.46. The Morgan fingerprint density at radius 3 is 2.77 bits per heavy atom. The lowest BCUT2D eigenvalue weighted by Crippen LogP contribution is -2.58. The van der Waals surface area contributed by atoms with E-state index in [0.717, 1.165) is 11.3 Å². The van der Waals surface area contributed by atoms with Gasteiger partial charge in [-0.05, 0) is 24.6 Å². The molecular weight excluding hydrogens is 282 g/mol. The van der Waals surface area contributed by atoms with Gasteiger partial charge in [-0.1, -0.05) is 12.1 Å². The molecule has 6 heteroatoms. The lowest BCUT2D eigenvalue weighted by molar-refractivity contribution is -0.139. The molecule has 118 valence electrons. The van der Waals surface area contributed by atoms with Gasteiger partial charge in [-0.3, -0.25) is 4.79 Å². The predicted octanol–water partition coefficient (Wildman–Crippen LogP) is 1.16. The van der Waals surface area contributed by atoms with Crippen LogP contribution in [-0.2, 0) is 11.3 Å². The summed E-state index contributed by atoms with van der Waals surface area (Å²) < 4.78 is 5.22. The third kappa shape index (κ3) is 2.38. The molecule has 3 rings (SSSR count). The Hall–Kier alpha value is -2.24. The second kappa shape index (κ2) is 5.51. The molecule has 2 heterocycles. The molecule has 2 aliphatic heterocycles. The summed E-state index contributed by atoms with van der Waals surface area (Å²) >= 11 is 0. The lowest BCUT2D eigenvalue weighted by atomic mass is 10.1. The molecule has 2 fully saturated rings. The van der Waals surface area contributed by atoms with Crippen LogP contribution in [0.3, 0.4) is 0 Å². The van der Waals surface area contributed by atoms with Crippen molar-refractivity contribution in [1.29, 1.82) is 0 Å². The van der Waals surface area contributed by atoms with E-state index in [9.17, 15) is 9.59 Å². The number of hydrogen-bond acceptors (Lipinski definition) is 3. The van der Waals surface area contributed by atoms with Gasteiger partial charge in [-0.25, -0.2) is 4.79 Å². The van der Waals surface area contributed by atoms with Crippen molar-refractivity contribution in [2.75, 3.05) is 27.2 Å². The number of urea groups is 1. The first-order valence-electron chi connectivity index (χ1n) is 7.46. The number of nitrogens with zero attached hydrogens (tertiary/aromatic N) is 3. The highest BCUT2D eigenvalue weighted by Gasteiger charge is 2.46. The first-order chi connectivity index (χ1) is 10.5. The zero-order valence-electron chi connectivity index (χ0n) is 13.2. The number of ether oxygens (including phenoxy) is 1. The molecule has 0 aliphatic carbocycles. The Balaban J connectivity index is 1.77. The van der Waals surface area contributed by atoms with E-state index in [0.29, 0.717) is 19.6 Å². The van der Waals surface area contributed by atoms with E-state index in [2.05, 4.69) is 0 Å². The summed E-state index contributed by atoms with van der Waals surface area (Å²) in [4.78, 5) is 29.9. The molecule has 0 aromatic heterocycles. The lowest BCUT2D eigenvalue weighted by Gasteiger charge is -2.38. The second-order valence-electron chi connectivity index (χ2n) is 5.97. The van der Waals surface area contributed by atoms with Crippen molar-refractivity contribution in [3.05, 3.63) is 29.8 Å². The molecule has 22 heavy (non-hydrogen) atoms. The molecule has 0 unspecified atom stereocenters. The Morgan fingerprint density at radius 1 is 1.27 bits per heavy atom. The van der Waals surface area contributed by atoms with Crippen LogP contribution in [0.1, 0.15) is 12.5 Å². The molecule has 1 aromatic carbocycles. The number of hydrogen-bond donors (Lipinski definition) is 0. The van der Waals surface area contributed by atoms with Crippen molar-refractivity contribution in [3.8, 4) is 5.75 Å². The SMILES string of the molecule is COc1cccc(CN2C[C@@H]3CN(C)C(=O)[C@H](C)N3C2=O)c1. The molecule has 2 atom stereocenters. The standard InChI is InChI=1S/C16H21N3O3/c1-11-15(20)17(2)9-13-10-18(16(21)19(11)13)8-12-5-4-6-14(7-12)22-3/h4-7,11,13H,8-10H2,1-3H3/t11-,13-/m0/s1. The van der Waals surface area contributed by atoms with Crippen LogP contribution in [-0.4, -0.2) is 66.0 Å². The molecule has 0 saturated carbocycles. The third-order valence-corrected chi connectivity index (χ3v) is 4.46. The molecule has 1 aromatic rings. The highest BCUT2D eigenvalue weighted by atomic mass is 16.5. The van der Waals surface area contributed by atoms with E-state index in [1.807, 2.05) is 29.2 Å². The van der Waals surface area contributed by atoms with Gasteiger partial charge in [0.05, 0.1) is 13.2 Å². The zero-order chi connectivity index (χ0) is 15.9. The second-order valence-corrected chi connectivity index (χ2v) is 5.97. The smallest absolute Gasteiger partial charge is 0.321 e. The van der Waals surface area contributed by atoms with Gasteiger partial charge in [0.25, 0.3) is 0 Å². The molecule has 2 saturated heterocycles. The van der Waals surface area contributed by atoms with Gasteiger partial charge in [0.15, 0.2) is 0 Å². The van der Waals surface area contributed by atoms with E-state index >= 15 is 0 Å². The number of carbonyl (C=O) groups excluding carboxylic acids is 2. The van der Waals surface area contributed by atoms with Crippen LogP contribution >= 0.6 is 0 Å². The van der Waals surface area contributed by atoms with Gasteiger partial charge in [0.2, 0.25) is 5.91 Å². The van der Waals surface area contributed by atoms with E-state index < -0.39 is 0 Å². The summed E-state index contributed by atoms with van der Waals surface area (Å²) in [5.41, 5.74) is 1.03. The normalized spacial score (nSPS) is 24.8. The number of likely N-dealkylation sites (N-methyl/N-ethyl adjacent to an activating group) is 1. The Kier molecular flexibility index (Phi) is 3.68. The van der Waals surface area contributed by atoms with Gasteiger partial charge in [-0.15, -0.1) is 0 Å². The maximum Gasteiger partial charge on any atom is 0.321 e. The van der Waals surface area contributed by atoms with Crippen LogP contribution in [0.15, 0.2) is 24.3 Å². The minimum absolute atomic E-state index is 0.00725. The summed E-state index contributed by atoms with van der Waals surface area (Å²) in [6.07, 6.45) is 0. The number of fused-ring (bicyclic) bond motifs is 1. The number of benzene rings is 1. The summed E-state index contributed by atoms with van der Waals surface area (Å²) in [7, 11) is 3.43. The molecule has 6 nitrogen and oxygen atoms in total. The fraction of sp³-hybridized carbons (Fsp3) is 0.500. The highest BCUT2D eigenvalue weighted by Crippen LogP contribution is 2.26. The Bertz CT molecular complexity index is 604. The molecule has 0 radical (unpaired) electrons. The number of methoxy groups -OCH3 is 1. The van der Waals surface area contributed by atoms with Crippen LogP contribution in [0, 0.1) is 0 Å². The maximum atomic E-state index is 12.6. The summed E-state index contributed by atoms with van der Waals surface area (Å²) in [5.74, 6) is 0.790. The zero-order valence-corrected chi connectivity index (χ0v) is 13.2.